The molecule has 0 unspecified atom stereocenters. The number of carbonyl (C=O) groups is 2. The Morgan fingerprint density at radius 1 is 1.09 bits per heavy atom. The SMILES string of the molecule is Cc1cc(C)cc(OCC(=O)NNC(=O)Cc2cccnc2)c1. The summed E-state index contributed by atoms with van der Waals surface area (Å²) in [4.78, 5) is 27.3. The molecule has 23 heavy (non-hydrogen) atoms. The summed E-state index contributed by atoms with van der Waals surface area (Å²) in [5.41, 5.74) is 7.55. The molecule has 0 aliphatic rings. The highest BCUT2D eigenvalue weighted by Crippen LogP contribution is 2.15. The lowest BCUT2D eigenvalue weighted by atomic mass is 10.1. The van der Waals surface area contributed by atoms with Gasteiger partial charge >= 0.3 is 0 Å². The number of benzene rings is 1. The number of aromatic nitrogens is 1. The van der Waals surface area contributed by atoms with E-state index in [9.17, 15) is 9.59 Å². The summed E-state index contributed by atoms with van der Waals surface area (Å²) in [7, 11) is 0. The Balaban J connectivity index is 1.73. The van der Waals surface area contributed by atoms with E-state index in [-0.39, 0.29) is 18.9 Å². The maximum atomic E-state index is 11.7. The molecule has 120 valence electrons. The fourth-order valence-corrected chi connectivity index (χ4v) is 2.07. The minimum Gasteiger partial charge on any atom is -0.484 e. The molecule has 6 heteroatoms. The number of aryl methyl sites for hydroxylation is 2. The van der Waals surface area contributed by atoms with Crippen LogP contribution in [0.2, 0.25) is 0 Å². The molecule has 0 fully saturated rings. The summed E-state index contributed by atoms with van der Waals surface area (Å²) in [6, 6.07) is 9.25. The van der Waals surface area contributed by atoms with Gasteiger partial charge in [-0.15, -0.1) is 0 Å². The number of hydrogen-bond donors (Lipinski definition) is 2. The molecule has 6 nitrogen and oxygen atoms in total. The summed E-state index contributed by atoms with van der Waals surface area (Å²) < 4.78 is 5.41. The van der Waals surface area contributed by atoms with Crippen LogP contribution in [0.15, 0.2) is 42.7 Å². The molecule has 1 aromatic carbocycles. The van der Waals surface area contributed by atoms with Crippen LogP contribution in [0, 0.1) is 13.8 Å². The zero-order chi connectivity index (χ0) is 16.7. The van der Waals surface area contributed by atoms with E-state index < -0.39 is 5.91 Å². The van der Waals surface area contributed by atoms with Gasteiger partial charge < -0.3 is 4.74 Å². The minimum atomic E-state index is -0.427. The molecule has 1 aromatic heterocycles. The van der Waals surface area contributed by atoms with Gasteiger partial charge in [0, 0.05) is 12.4 Å². The van der Waals surface area contributed by atoms with E-state index in [1.807, 2.05) is 32.0 Å². The first-order valence-corrected chi connectivity index (χ1v) is 7.20. The third-order valence-electron chi connectivity index (χ3n) is 2.99. The second kappa shape index (κ2) is 7.93. The van der Waals surface area contributed by atoms with Gasteiger partial charge in [0.15, 0.2) is 6.61 Å². The first kappa shape index (κ1) is 16.5. The lowest BCUT2D eigenvalue weighted by Gasteiger charge is -2.10. The van der Waals surface area contributed by atoms with E-state index >= 15 is 0 Å². The van der Waals surface area contributed by atoms with E-state index in [0.29, 0.717) is 5.75 Å². The first-order valence-electron chi connectivity index (χ1n) is 7.20. The highest BCUT2D eigenvalue weighted by molar-refractivity contribution is 5.83. The van der Waals surface area contributed by atoms with Gasteiger partial charge in [-0.2, -0.15) is 0 Å². The summed E-state index contributed by atoms with van der Waals surface area (Å²) in [5, 5.41) is 0. The Kier molecular flexibility index (Phi) is 5.68. The second-order valence-corrected chi connectivity index (χ2v) is 5.25. The van der Waals surface area contributed by atoms with Crippen molar-refractivity contribution in [3.05, 3.63) is 59.4 Å². The zero-order valence-electron chi connectivity index (χ0n) is 13.1. The fraction of sp³-hybridized carbons (Fsp3) is 0.235. The van der Waals surface area contributed by atoms with E-state index in [1.165, 1.54) is 0 Å². The maximum Gasteiger partial charge on any atom is 0.276 e. The molecule has 0 spiro atoms. The van der Waals surface area contributed by atoms with Crippen LogP contribution in [0.25, 0.3) is 0 Å². The lowest BCUT2D eigenvalue weighted by Crippen LogP contribution is -2.44. The van der Waals surface area contributed by atoms with Crippen molar-refractivity contribution in [1.29, 1.82) is 0 Å². The highest BCUT2D eigenvalue weighted by Gasteiger charge is 2.07. The summed E-state index contributed by atoms with van der Waals surface area (Å²) in [6.45, 7) is 3.74. The molecule has 2 rings (SSSR count). The Hall–Kier alpha value is -2.89. The molecule has 2 N–H and O–H groups in total. The predicted molar refractivity (Wildman–Crippen MR) is 85.6 cm³/mol. The van der Waals surface area contributed by atoms with Gasteiger partial charge in [0.05, 0.1) is 6.42 Å². The van der Waals surface area contributed by atoms with Crippen molar-refractivity contribution in [2.24, 2.45) is 0 Å². The van der Waals surface area contributed by atoms with Crippen LogP contribution in [-0.4, -0.2) is 23.4 Å². The largest absolute Gasteiger partial charge is 0.484 e. The molecular formula is C17H19N3O3. The molecule has 2 aromatic rings. The number of nitrogens with one attached hydrogen (secondary N) is 2. The van der Waals surface area contributed by atoms with Crippen molar-refractivity contribution < 1.29 is 14.3 Å². The van der Waals surface area contributed by atoms with E-state index in [0.717, 1.165) is 16.7 Å². The second-order valence-electron chi connectivity index (χ2n) is 5.25. The van der Waals surface area contributed by atoms with Crippen LogP contribution < -0.4 is 15.6 Å². The van der Waals surface area contributed by atoms with Crippen molar-refractivity contribution in [1.82, 2.24) is 15.8 Å². The molecule has 0 saturated carbocycles. The number of carbonyl (C=O) groups excluding carboxylic acids is 2. The van der Waals surface area contributed by atoms with E-state index in [1.54, 1.807) is 24.5 Å². The molecule has 2 amide bonds. The Labute approximate surface area is 134 Å². The van der Waals surface area contributed by atoms with Crippen molar-refractivity contribution in [2.75, 3.05) is 6.61 Å². The van der Waals surface area contributed by atoms with Crippen molar-refractivity contribution >= 4 is 11.8 Å². The topological polar surface area (TPSA) is 80.3 Å². The van der Waals surface area contributed by atoms with Crippen LogP contribution in [0.1, 0.15) is 16.7 Å². The Bertz CT molecular complexity index is 666. The Morgan fingerprint density at radius 3 is 2.43 bits per heavy atom. The van der Waals surface area contributed by atoms with Gasteiger partial charge in [0.25, 0.3) is 5.91 Å². The quantitative estimate of drug-likeness (QED) is 0.819. The number of nitrogens with zero attached hydrogens (tertiary/aromatic N) is 1. The molecule has 1 heterocycles. The van der Waals surface area contributed by atoms with Crippen LogP contribution in [0.3, 0.4) is 0 Å². The number of hydrazine groups is 1. The van der Waals surface area contributed by atoms with Crippen molar-refractivity contribution in [3.8, 4) is 5.75 Å². The van der Waals surface area contributed by atoms with Crippen LogP contribution in [0.5, 0.6) is 5.75 Å². The van der Waals surface area contributed by atoms with Crippen molar-refractivity contribution in [3.63, 3.8) is 0 Å². The molecular weight excluding hydrogens is 294 g/mol. The Morgan fingerprint density at radius 2 is 1.78 bits per heavy atom. The average molecular weight is 313 g/mol. The van der Waals surface area contributed by atoms with Gasteiger partial charge in [-0.25, -0.2) is 0 Å². The first-order chi connectivity index (χ1) is 11.0. The molecule has 0 radical (unpaired) electrons. The van der Waals surface area contributed by atoms with Gasteiger partial charge in [-0.3, -0.25) is 25.4 Å². The molecule has 0 atom stereocenters. The number of ether oxygens (including phenoxy) is 1. The molecule has 0 aliphatic carbocycles. The smallest absolute Gasteiger partial charge is 0.276 e. The standard InChI is InChI=1S/C17H19N3O3/c1-12-6-13(2)8-15(7-12)23-11-17(22)20-19-16(21)9-14-4-3-5-18-10-14/h3-8,10H,9,11H2,1-2H3,(H,19,21)(H,20,22). The zero-order valence-corrected chi connectivity index (χ0v) is 13.1. The average Bonchev–Trinajstić information content (AvgIpc) is 2.51. The van der Waals surface area contributed by atoms with Gasteiger partial charge in [-0.05, 0) is 48.7 Å². The third kappa shape index (κ3) is 5.78. The number of rotatable bonds is 5. The fourth-order valence-electron chi connectivity index (χ4n) is 2.07. The van der Waals surface area contributed by atoms with E-state index in [2.05, 4.69) is 15.8 Å². The van der Waals surface area contributed by atoms with Crippen LogP contribution in [-0.2, 0) is 16.0 Å². The maximum absolute atomic E-state index is 11.7. The lowest BCUT2D eigenvalue weighted by molar-refractivity contribution is -0.129. The van der Waals surface area contributed by atoms with Gasteiger partial charge in [0.1, 0.15) is 5.75 Å². The summed E-state index contributed by atoms with van der Waals surface area (Å²) in [6.07, 6.45) is 3.38. The van der Waals surface area contributed by atoms with E-state index in [4.69, 9.17) is 4.74 Å². The van der Waals surface area contributed by atoms with Crippen LogP contribution >= 0.6 is 0 Å². The third-order valence-corrected chi connectivity index (χ3v) is 2.99. The molecule has 0 bridgehead atoms. The predicted octanol–water partition coefficient (Wildman–Crippen LogP) is 1.47. The molecule has 0 aliphatic heterocycles. The minimum absolute atomic E-state index is 0.145. The normalized spacial score (nSPS) is 10.0. The van der Waals surface area contributed by atoms with Gasteiger partial charge in [0.2, 0.25) is 5.91 Å². The van der Waals surface area contributed by atoms with Crippen LogP contribution in [0.4, 0.5) is 0 Å². The highest BCUT2D eigenvalue weighted by atomic mass is 16.5. The summed E-state index contributed by atoms with van der Waals surface area (Å²) in [5.74, 6) is -0.124. The number of hydrogen-bond acceptors (Lipinski definition) is 4. The van der Waals surface area contributed by atoms with Gasteiger partial charge in [-0.1, -0.05) is 12.1 Å². The number of pyridine rings is 1. The number of amides is 2. The monoisotopic (exact) mass is 313 g/mol. The summed E-state index contributed by atoms with van der Waals surface area (Å²) >= 11 is 0. The van der Waals surface area contributed by atoms with Crippen molar-refractivity contribution in [2.45, 2.75) is 20.3 Å². The molecule has 0 saturated heterocycles.